The number of rotatable bonds is 10. The zero-order valence-electron chi connectivity index (χ0n) is 24.0. The van der Waals surface area contributed by atoms with Gasteiger partial charge in [0.2, 0.25) is 0 Å². The van der Waals surface area contributed by atoms with E-state index in [4.69, 9.17) is 9.47 Å². The van der Waals surface area contributed by atoms with E-state index in [2.05, 4.69) is 58.8 Å². The van der Waals surface area contributed by atoms with Crippen LogP contribution in [-0.2, 0) is 11.3 Å². The number of methoxy groups -OCH3 is 1. The molecule has 1 fully saturated rings. The molecule has 38 heavy (non-hydrogen) atoms. The molecule has 0 radical (unpaired) electrons. The van der Waals surface area contributed by atoms with Gasteiger partial charge in [0.15, 0.2) is 0 Å². The number of nitrogens with one attached hydrogen (secondary N) is 1. The zero-order valence-corrected chi connectivity index (χ0v) is 24.9. The van der Waals surface area contributed by atoms with Crippen LogP contribution in [0.25, 0.3) is 11.0 Å². The van der Waals surface area contributed by atoms with Crippen LogP contribution in [0.4, 0.5) is 0 Å². The number of ether oxygens (including phenoxy) is 2. The molecule has 2 aromatic carbocycles. The maximum atomic E-state index is 13.2. The smallest absolute Gasteiger partial charge is 0.253 e. The highest BCUT2D eigenvalue weighted by atomic mass is 32.1. The van der Waals surface area contributed by atoms with Crippen LogP contribution < -0.4 is 10.1 Å². The summed E-state index contributed by atoms with van der Waals surface area (Å²) in [7, 11) is 1.69. The molecule has 3 atom stereocenters. The molecule has 1 N–H and O–H groups in total. The lowest BCUT2D eigenvalue weighted by Crippen LogP contribution is -2.53. The fourth-order valence-electron chi connectivity index (χ4n) is 5.35. The van der Waals surface area contributed by atoms with Crippen molar-refractivity contribution in [2.45, 2.75) is 91.9 Å². The van der Waals surface area contributed by atoms with Crippen molar-refractivity contribution in [2.24, 2.45) is 0 Å². The highest BCUT2D eigenvalue weighted by Crippen LogP contribution is 2.31. The van der Waals surface area contributed by atoms with Gasteiger partial charge in [0.25, 0.3) is 5.91 Å². The van der Waals surface area contributed by atoms with Gasteiger partial charge >= 0.3 is 0 Å². The topological polar surface area (TPSA) is 76.6 Å². The SMILES string of the molecule is CC.CCCC1CC(NC(=O)c2cccc3nsnc23)CC(C)N1Cc1ccc(OCCOC)c(C)c1C. The lowest BCUT2D eigenvalue weighted by atomic mass is 9.88. The summed E-state index contributed by atoms with van der Waals surface area (Å²) in [5.74, 6) is 0.878. The number of fused-ring (bicyclic) bond motifs is 1. The van der Waals surface area contributed by atoms with Crippen LogP contribution in [0.3, 0.4) is 0 Å². The quantitative estimate of drug-likeness (QED) is 0.304. The van der Waals surface area contributed by atoms with Crippen LogP contribution >= 0.6 is 11.7 Å². The van der Waals surface area contributed by atoms with Crippen LogP contribution in [0.1, 0.15) is 80.4 Å². The van der Waals surface area contributed by atoms with E-state index < -0.39 is 0 Å². The Bertz CT molecular complexity index is 1180. The second-order valence-electron chi connectivity index (χ2n) is 9.86. The molecule has 0 spiro atoms. The average Bonchev–Trinajstić information content (AvgIpc) is 3.40. The van der Waals surface area contributed by atoms with Gasteiger partial charge in [-0.3, -0.25) is 9.69 Å². The van der Waals surface area contributed by atoms with E-state index in [1.807, 2.05) is 32.0 Å². The minimum Gasteiger partial charge on any atom is -0.491 e. The average molecular weight is 541 g/mol. The van der Waals surface area contributed by atoms with Crippen molar-refractivity contribution in [1.82, 2.24) is 19.0 Å². The number of carbonyl (C=O) groups is 1. The first-order valence-corrected chi connectivity index (χ1v) is 14.6. The number of aromatic nitrogens is 2. The van der Waals surface area contributed by atoms with Crippen molar-refractivity contribution < 1.29 is 14.3 Å². The highest BCUT2D eigenvalue weighted by molar-refractivity contribution is 7.00. The molecule has 3 unspecified atom stereocenters. The Labute approximate surface area is 232 Å². The molecule has 208 valence electrons. The second-order valence-corrected chi connectivity index (χ2v) is 10.4. The van der Waals surface area contributed by atoms with Crippen molar-refractivity contribution in [1.29, 1.82) is 0 Å². The molecule has 2 heterocycles. The van der Waals surface area contributed by atoms with Gasteiger partial charge in [0, 0.05) is 31.8 Å². The van der Waals surface area contributed by atoms with Crippen LogP contribution in [-0.4, -0.2) is 58.0 Å². The molecule has 1 aromatic heterocycles. The molecule has 1 aliphatic heterocycles. The van der Waals surface area contributed by atoms with E-state index >= 15 is 0 Å². The van der Waals surface area contributed by atoms with Gasteiger partial charge in [0.1, 0.15) is 23.4 Å². The zero-order chi connectivity index (χ0) is 27.7. The first-order chi connectivity index (χ1) is 18.4. The standard InChI is InChI=1S/C28H38N4O3S.C2H6/c1-6-8-23-16-22(29-28(33)24-9-7-10-25-27(24)31-36-30-25)15-18(2)32(23)17-21-11-12-26(20(4)19(21)3)35-14-13-34-5;1-2/h7,9-12,18,22-23H,6,8,13-17H2,1-5H3,(H,29,33);1-2H3. The first kappa shape index (κ1) is 30.0. The van der Waals surface area contributed by atoms with Gasteiger partial charge in [-0.25, -0.2) is 0 Å². The Kier molecular flexibility index (Phi) is 11.5. The Hall–Kier alpha value is -2.55. The Morgan fingerprint density at radius 1 is 1.11 bits per heavy atom. The molecule has 1 amide bonds. The van der Waals surface area contributed by atoms with Gasteiger partial charge in [-0.1, -0.05) is 39.3 Å². The number of piperidine rings is 1. The number of carbonyl (C=O) groups excluding carboxylic acids is 1. The summed E-state index contributed by atoms with van der Waals surface area (Å²) in [5.41, 5.74) is 5.90. The third-order valence-corrected chi connectivity index (χ3v) is 8.00. The van der Waals surface area contributed by atoms with E-state index in [-0.39, 0.29) is 11.9 Å². The number of nitrogens with zero attached hydrogens (tertiary/aromatic N) is 3. The molecule has 3 aromatic rings. The van der Waals surface area contributed by atoms with Crippen LogP contribution in [0.2, 0.25) is 0 Å². The van der Waals surface area contributed by atoms with Crippen molar-refractivity contribution in [2.75, 3.05) is 20.3 Å². The molecule has 4 rings (SSSR count). The van der Waals surface area contributed by atoms with E-state index in [1.54, 1.807) is 7.11 Å². The maximum absolute atomic E-state index is 13.2. The largest absolute Gasteiger partial charge is 0.491 e. The summed E-state index contributed by atoms with van der Waals surface area (Å²) in [6, 6.07) is 10.8. The Balaban J connectivity index is 0.00000195. The number of likely N-dealkylation sites (tertiary alicyclic amines) is 1. The van der Waals surface area contributed by atoms with Gasteiger partial charge in [-0.2, -0.15) is 8.75 Å². The summed E-state index contributed by atoms with van der Waals surface area (Å²) in [5, 5.41) is 3.32. The van der Waals surface area contributed by atoms with Gasteiger partial charge < -0.3 is 14.8 Å². The fraction of sp³-hybridized carbons (Fsp3) is 0.567. The highest BCUT2D eigenvalue weighted by Gasteiger charge is 2.34. The first-order valence-electron chi connectivity index (χ1n) is 13.9. The monoisotopic (exact) mass is 540 g/mol. The van der Waals surface area contributed by atoms with E-state index in [0.717, 1.165) is 55.2 Å². The van der Waals surface area contributed by atoms with Crippen LogP contribution in [0, 0.1) is 13.8 Å². The molecule has 1 saturated heterocycles. The lowest BCUT2D eigenvalue weighted by molar-refractivity contribution is 0.0557. The van der Waals surface area contributed by atoms with Gasteiger partial charge in [-0.15, -0.1) is 0 Å². The number of hydrogen-bond acceptors (Lipinski definition) is 7. The van der Waals surface area contributed by atoms with Crippen molar-refractivity contribution in [3.05, 3.63) is 52.6 Å². The molecule has 8 heteroatoms. The van der Waals surface area contributed by atoms with Gasteiger partial charge in [0.05, 0.1) is 23.9 Å². The third kappa shape index (κ3) is 7.10. The fourth-order valence-corrected chi connectivity index (χ4v) is 5.90. The van der Waals surface area contributed by atoms with Crippen molar-refractivity contribution in [3.8, 4) is 5.75 Å². The minimum absolute atomic E-state index is 0.0512. The molecule has 0 bridgehead atoms. The predicted octanol–water partition coefficient (Wildman–Crippen LogP) is 6.31. The molecule has 1 aliphatic rings. The summed E-state index contributed by atoms with van der Waals surface area (Å²) >= 11 is 1.15. The lowest BCUT2D eigenvalue weighted by Gasteiger charge is -2.44. The predicted molar refractivity (Wildman–Crippen MR) is 156 cm³/mol. The van der Waals surface area contributed by atoms with Gasteiger partial charge in [-0.05, 0) is 74.9 Å². The molecular formula is C30H44N4O3S. The molecule has 0 saturated carbocycles. The van der Waals surface area contributed by atoms with Crippen LogP contribution in [0.15, 0.2) is 30.3 Å². The number of hydrogen-bond donors (Lipinski definition) is 1. The number of benzene rings is 2. The maximum Gasteiger partial charge on any atom is 0.253 e. The summed E-state index contributed by atoms with van der Waals surface area (Å²) in [4.78, 5) is 15.8. The van der Waals surface area contributed by atoms with Crippen LogP contribution in [0.5, 0.6) is 5.75 Å². The van der Waals surface area contributed by atoms with Crippen molar-refractivity contribution >= 4 is 28.7 Å². The summed E-state index contributed by atoms with van der Waals surface area (Å²) in [6.07, 6.45) is 4.10. The second kappa shape index (κ2) is 14.6. The molecule has 7 nitrogen and oxygen atoms in total. The molecular weight excluding hydrogens is 496 g/mol. The minimum atomic E-state index is -0.0512. The number of amides is 1. The molecule has 0 aliphatic carbocycles. The van der Waals surface area contributed by atoms with E-state index in [1.165, 1.54) is 16.7 Å². The third-order valence-electron chi connectivity index (χ3n) is 7.45. The van der Waals surface area contributed by atoms with E-state index in [0.29, 0.717) is 36.4 Å². The Morgan fingerprint density at radius 2 is 1.89 bits per heavy atom. The summed E-state index contributed by atoms with van der Waals surface area (Å²) < 4.78 is 19.6. The summed E-state index contributed by atoms with van der Waals surface area (Å²) in [6.45, 7) is 14.9. The normalized spacial score (nSPS) is 19.6. The Morgan fingerprint density at radius 3 is 2.63 bits per heavy atom. The van der Waals surface area contributed by atoms with Crippen molar-refractivity contribution in [3.63, 3.8) is 0 Å². The van der Waals surface area contributed by atoms with E-state index in [9.17, 15) is 4.79 Å².